The Balaban J connectivity index is 2.07. The monoisotopic (exact) mass is 259 g/mol. The molecule has 2 heteroatoms. The molecular weight excluding hydrogens is 234 g/mol. The highest BCUT2D eigenvalue weighted by atomic mass is 16.5. The van der Waals surface area contributed by atoms with E-state index < -0.39 is 0 Å². The molecule has 1 aliphatic heterocycles. The number of hydrogen-bond acceptors (Lipinski definition) is 2. The van der Waals surface area contributed by atoms with Gasteiger partial charge >= 0.3 is 0 Å². The van der Waals surface area contributed by atoms with Crippen LogP contribution < -0.4 is 10.1 Å². The normalized spacial score (nSPS) is 23.7. The maximum absolute atomic E-state index is 5.41. The summed E-state index contributed by atoms with van der Waals surface area (Å²) in [6, 6.07) is 6.80. The zero-order valence-corrected chi connectivity index (χ0v) is 12.3. The number of hydrogen-bond donors (Lipinski definition) is 1. The summed E-state index contributed by atoms with van der Waals surface area (Å²) in [5.41, 5.74) is 2.44. The van der Waals surface area contributed by atoms with Gasteiger partial charge in [0.15, 0.2) is 0 Å². The van der Waals surface area contributed by atoms with E-state index in [1.165, 1.54) is 30.4 Å². The lowest BCUT2D eigenvalue weighted by Crippen LogP contribution is -2.36. The minimum Gasteiger partial charge on any atom is -0.496 e. The van der Waals surface area contributed by atoms with Gasteiger partial charge in [-0.25, -0.2) is 0 Å². The van der Waals surface area contributed by atoms with Crippen LogP contribution in [0.2, 0.25) is 0 Å². The first-order valence-corrected chi connectivity index (χ1v) is 7.29. The van der Waals surface area contributed by atoms with E-state index in [2.05, 4.69) is 43.4 Å². The van der Waals surface area contributed by atoms with Crippen molar-refractivity contribution >= 4 is 6.08 Å². The number of rotatable bonds is 4. The van der Waals surface area contributed by atoms with E-state index in [1.807, 2.05) is 6.07 Å². The highest BCUT2D eigenvalue weighted by molar-refractivity contribution is 5.58. The predicted molar refractivity (Wildman–Crippen MR) is 81.6 cm³/mol. The average Bonchev–Trinajstić information content (AvgIpc) is 2.45. The molecule has 0 aromatic heterocycles. The van der Waals surface area contributed by atoms with Crippen molar-refractivity contribution < 1.29 is 4.74 Å². The molecule has 1 N–H and O–H groups in total. The van der Waals surface area contributed by atoms with Gasteiger partial charge in [-0.3, -0.25) is 0 Å². The van der Waals surface area contributed by atoms with E-state index in [0.29, 0.717) is 6.04 Å². The van der Waals surface area contributed by atoms with Crippen molar-refractivity contribution in [1.82, 2.24) is 5.32 Å². The summed E-state index contributed by atoms with van der Waals surface area (Å²) in [5.74, 6) is 1.82. The molecule has 1 aliphatic rings. The van der Waals surface area contributed by atoms with Crippen molar-refractivity contribution in [3.8, 4) is 5.75 Å². The Morgan fingerprint density at radius 3 is 3.00 bits per heavy atom. The van der Waals surface area contributed by atoms with Crippen LogP contribution in [0.4, 0.5) is 0 Å². The highest BCUT2D eigenvalue weighted by Crippen LogP contribution is 2.23. The first-order chi connectivity index (χ1) is 9.22. The molecule has 0 aliphatic carbocycles. The second-order valence-electron chi connectivity index (χ2n) is 5.46. The van der Waals surface area contributed by atoms with Crippen LogP contribution in [0.15, 0.2) is 24.3 Å². The lowest BCUT2D eigenvalue weighted by molar-refractivity contribution is 0.326. The van der Waals surface area contributed by atoms with E-state index >= 15 is 0 Å². The van der Waals surface area contributed by atoms with Crippen LogP contribution in [0, 0.1) is 12.8 Å². The van der Waals surface area contributed by atoms with E-state index in [9.17, 15) is 0 Å². The van der Waals surface area contributed by atoms with Crippen LogP contribution in [0.5, 0.6) is 5.75 Å². The summed E-state index contributed by atoms with van der Waals surface area (Å²) in [6.07, 6.45) is 8.34. The Labute approximate surface area is 116 Å². The van der Waals surface area contributed by atoms with Crippen molar-refractivity contribution in [3.63, 3.8) is 0 Å². The van der Waals surface area contributed by atoms with Gasteiger partial charge in [-0.15, -0.1) is 0 Å². The lowest BCUT2D eigenvalue weighted by atomic mass is 9.90. The fraction of sp³-hybridized carbons (Fsp3) is 0.529. The van der Waals surface area contributed by atoms with Gasteiger partial charge in [-0.1, -0.05) is 37.1 Å². The molecule has 2 unspecified atom stereocenters. The number of methoxy groups -OCH3 is 1. The minimum absolute atomic E-state index is 0.504. The van der Waals surface area contributed by atoms with E-state index in [-0.39, 0.29) is 0 Å². The van der Waals surface area contributed by atoms with Crippen molar-refractivity contribution in [2.75, 3.05) is 13.7 Å². The molecular formula is C17H25NO. The fourth-order valence-corrected chi connectivity index (χ4v) is 2.75. The van der Waals surface area contributed by atoms with Gasteiger partial charge in [0.05, 0.1) is 7.11 Å². The molecule has 19 heavy (non-hydrogen) atoms. The first-order valence-electron chi connectivity index (χ1n) is 7.29. The van der Waals surface area contributed by atoms with Gasteiger partial charge in [0, 0.05) is 11.6 Å². The van der Waals surface area contributed by atoms with E-state index in [1.54, 1.807) is 7.11 Å². The van der Waals surface area contributed by atoms with Gasteiger partial charge in [-0.05, 0) is 44.4 Å². The Morgan fingerprint density at radius 2 is 2.26 bits per heavy atom. The third-order valence-electron chi connectivity index (χ3n) is 4.02. The Kier molecular flexibility index (Phi) is 5.03. The Hall–Kier alpha value is -1.28. The molecule has 0 radical (unpaired) electrons. The maximum Gasteiger partial charge on any atom is 0.126 e. The summed E-state index contributed by atoms with van der Waals surface area (Å²) in [7, 11) is 1.73. The van der Waals surface area contributed by atoms with E-state index in [0.717, 1.165) is 18.2 Å². The molecule has 1 aromatic carbocycles. The standard InChI is InChI=1S/C17H25NO/c1-4-14-9-10-18-16(12-14)7-6-15-11-13(2)5-8-17(15)19-3/h5-8,11,14,16,18H,4,9-10,12H2,1-3H3/b7-6+. The molecule has 0 amide bonds. The van der Waals surface area contributed by atoms with Crippen molar-refractivity contribution in [2.24, 2.45) is 5.92 Å². The molecule has 0 saturated carbocycles. The summed E-state index contributed by atoms with van der Waals surface area (Å²) in [6.45, 7) is 5.54. The van der Waals surface area contributed by atoms with Gasteiger partial charge in [0.1, 0.15) is 5.75 Å². The third-order valence-corrected chi connectivity index (χ3v) is 4.02. The van der Waals surface area contributed by atoms with Crippen LogP contribution >= 0.6 is 0 Å². The first kappa shape index (κ1) is 14.1. The zero-order valence-electron chi connectivity index (χ0n) is 12.3. The molecule has 0 bridgehead atoms. The third kappa shape index (κ3) is 3.84. The van der Waals surface area contributed by atoms with Gasteiger partial charge in [0.2, 0.25) is 0 Å². The molecule has 1 aromatic rings. The largest absolute Gasteiger partial charge is 0.496 e. The number of benzene rings is 1. The number of piperidine rings is 1. The molecule has 1 heterocycles. The van der Waals surface area contributed by atoms with Gasteiger partial charge in [0.25, 0.3) is 0 Å². The molecule has 1 saturated heterocycles. The Morgan fingerprint density at radius 1 is 1.42 bits per heavy atom. The number of ether oxygens (including phenoxy) is 1. The fourth-order valence-electron chi connectivity index (χ4n) is 2.75. The molecule has 2 atom stereocenters. The van der Waals surface area contributed by atoms with Crippen LogP contribution in [0.1, 0.15) is 37.3 Å². The van der Waals surface area contributed by atoms with Crippen LogP contribution in [-0.4, -0.2) is 19.7 Å². The summed E-state index contributed by atoms with van der Waals surface area (Å²) in [5, 5.41) is 3.58. The van der Waals surface area contributed by atoms with Gasteiger partial charge < -0.3 is 10.1 Å². The molecule has 0 spiro atoms. The summed E-state index contributed by atoms with van der Waals surface area (Å²) >= 11 is 0. The maximum atomic E-state index is 5.41. The lowest BCUT2D eigenvalue weighted by Gasteiger charge is -2.27. The van der Waals surface area contributed by atoms with Crippen LogP contribution in [-0.2, 0) is 0 Å². The quantitative estimate of drug-likeness (QED) is 0.888. The van der Waals surface area contributed by atoms with Crippen LogP contribution in [0.3, 0.4) is 0 Å². The molecule has 2 rings (SSSR count). The molecule has 104 valence electrons. The topological polar surface area (TPSA) is 21.3 Å². The smallest absolute Gasteiger partial charge is 0.126 e. The SMILES string of the molecule is CCC1CCNC(/C=C/c2cc(C)ccc2OC)C1. The van der Waals surface area contributed by atoms with Crippen LogP contribution in [0.25, 0.3) is 6.08 Å². The van der Waals surface area contributed by atoms with Crippen molar-refractivity contribution in [1.29, 1.82) is 0 Å². The highest BCUT2D eigenvalue weighted by Gasteiger charge is 2.17. The average molecular weight is 259 g/mol. The summed E-state index contributed by atoms with van der Waals surface area (Å²) < 4.78 is 5.41. The molecule has 2 nitrogen and oxygen atoms in total. The minimum atomic E-state index is 0.504. The van der Waals surface area contributed by atoms with Crippen molar-refractivity contribution in [2.45, 2.75) is 39.2 Å². The van der Waals surface area contributed by atoms with Crippen molar-refractivity contribution in [3.05, 3.63) is 35.4 Å². The predicted octanol–water partition coefficient (Wildman–Crippen LogP) is 3.80. The zero-order chi connectivity index (χ0) is 13.7. The second-order valence-corrected chi connectivity index (χ2v) is 5.46. The second kappa shape index (κ2) is 6.76. The number of nitrogens with one attached hydrogen (secondary N) is 1. The van der Waals surface area contributed by atoms with Gasteiger partial charge in [-0.2, -0.15) is 0 Å². The summed E-state index contributed by atoms with van der Waals surface area (Å²) in [4.78, 5) is 0. The molecule has 1 fully saturated rings. The van der Waals surface area contributed by atoms with E-state index in [4.69, 9.17) is 4.74 Å². The Bertz CT molecular complexity index is 439. The number of aryl methyl sites for hydroxylation is 1.